The molecular weight excluding hydrogens is 262 g/mol. The van der Waals surface area contributed by atoms with Gasteiger partial charge in [-0.2, -0.15) is 0 Å². The van der Waals surface area contributed by atoms with E-state index in [9.17, 15) is 0 Å². The van der Waals surface area contributed by atoms with Gasteiger partial charge in [-0.05, 0) is 44.5 Å². The third-order valence-electron chi connectivity index (χ3n) is 5.51. The molecule has 2 unspecified atom stereocenters. The average molecular weight is 289 g/mol. The smallest absolute Gasteiger partial charge is 0.161 e. The van der Waals surface area contributed by atoms with E-state index in [1.807, 2.05) is 0 Å². The maximum atomic E-state index is 6.39. The van der Waals surface area contributed by atoms with Crippen molar-refractivity contribution in [3.63, 3.8) is 0 Å². The molecule has 2 aliphatic carbocycles. The monoisotopic (exact) mass is 289 g/mol. The second-order valence-corrected chi connectivity index (χ2v) is 6.63. The summed E-state index contributed by atoms with van der Waals surface area (Å²) in [5.41, 5.74) is 1.54. The van der Waals surface area contributed by atoms with Gasteiger partial charge < -0.3 is 14.8 Å². The summed E-state index contributed by atoms with van der Waals surface area (Å²) in [6.45, 7) is 2.08. The van der Waals surface area contributed by atoms with Gasteiger partial charge in [-0.15, -0.1) is 0 Å². The Morgan fingerprint density at radius 2 is 1.90 bits per heavy atom. The van der Waals surface area contributed by atoms with Crippen molar-refractivity contribution in [2.24, 2.45) is 5.41 Å². The van der Waals surface area contributed by atoms with Gasteiger partial charge >= 0.3 is 0 Å². The van der Waals surface area contributed by atoms with Crippen molar-refractivity contribution in [2.75, 3.05) is 14.2 Å². The molecule has 0 saturated heterocycles. The van der Waals surface area contributed by atoms with Gasteiger partial charge in [0.05, 0.1) is 7.11 Å². The van der Waals surface area contributed by atoms with Gasteiger partial charge in [0.15, 0.2) is 11.5 Å². The SMILES string of the molecule is CNC1CC(Oc2ccc(C)cc2OC)C12CCCCC2. The normalized spacial score (nSPS) is 27.2. The molecule has 21 heavy (non-hydrogen) atoms. The van der Waals surface area contributed by atoms with Crippen LogP contribution in [-0.4, -0.2) is 26.3 Å². The molecule has 0 radical (unpaired) electrons. The lowest BCUT2D eigenvalue weighted by atomic mass is 9.55. The molecule has 1 aromatic rings. The highest BCUT2D eigenvalue weighted by Crippen LogP contribution is 2.53. The van der Waals surface area contributed by atoms with Crippen LogP contribution in [0.1, 0.15) is 44.1 Å². The maximum Gasteiger partial charge on any atom is 0.161 e. The molecule has 1 N–H and O–H groups in total. The van der Waals surface area contributed by atoms with Gasteiger partial charge in [-0.25, -0.2) is 0 Å². The number of rotatable bonds is 4. The van der Waals surface area contributed by atoms with E-state index in [4.69, 9.17) is 9.47 Å². The number of benzene rings is 1. The predicted octanol–water partition coefficient (Wildman–Crippen LogP) is 3.69. The van der Waals surface area contributed by atoms with Gasteiger partial charge in [-0.3, -0.25) is 0 Å². The predicted molar refractivity (Wildman–Crippen MR) is 85.1 cm³/mol. The zero-order valence-corrected chi connectivity index (χ0v) is 13.4. The molecule has 1 aromatic carbocycles. The highest BCUT2D eigenvalue weighted by Gasteiger charge is 2.56. The first kappa shape index (κ1) is 14.7. The lowest BCUT2D eigenvalue weighted by molar-refractivity contribution is -0.101. The third-order valence-corrected chi connectivity index (χ3v) is 5.51. The standard InChI is InChI=1S/C18H27NO2/c1-13-7-8-14(15(11-13)20-3)21-17-12-16(19-2)18(17)9-5-4-6-10-18/h7-8,11,16-17,19H,4-6,9-10,12H2,1-3H3. The van der Waals surface area contributed by atoms with Crippen LogP contribution >= 0.6 is 0 Å². The largest absolute Gasteiger partial charge is 0.493 e. The summed E-state index contributed by atoms with van der Waals surface area (Å²) in [5.74, 6) is 1.75. The molecule has 2 saturated carbocycles. The third kappa shape index (κ3) is 2.52. The summed E-state index contributed by atoms with van der Waals surface area (Å²) >= 11 is 0. The van der Waals surface area contributed by atoms with Crippen LogP contribution in [0.5, 0.6) is 11.5 Å². The molecule has 0 bridgehead atoms. The number of aryl methyl sites for hydroxylation is 1. The number of ether oxygens (including phenoxy) is 2. The molecule has 0 aliphatic heterocycles. The Kier molecular flexibility index (Phi) is 4.12. The second kappa shape index (κ2) is 5.88. The second-order valence-electron chi connectivity index (χ2n) is 6.63. The van der Waals surface area contributed by atoms with Gasteiger partial charge in [0.2, 0.25) is 0 Å². The topological polar surface area (TPSA) is 30.5 Å². The van der Waals surface area contributed by atoms with Crippen LogP contribution in [0, 0.1) is 12.3 Å². The molecule has 1 spiro atoms. The van der Waals surface area contributed by atoms with Gasteiger partial charge in [0.25, 0.3) is 0 Å². The Morgan fingerprint density at radius 1 is 1.14 bits per heavy atom. The highest BCUT2D eigenvalue weighted by molar-refractivity contribution is 5.43. The molecule has 0 heterocycles. The fourth-order valence-electron chi connectivity index (χ4n) is 4.22. The van der Waals surface area contributed by atoms with Crippen molar-refractivity contribution in [1.82, 2.24) is 5.32 Å². The van der Waals surface area contributed by atoms with E-state index in [2.05, 4.69) is 37.5 Å². The Morgan fingerprint density at radius 3 is 2.57 bits per heavy atom. The van der Waals surface area contributed by atoms with Crippen molar-refractivity contribution in [2.45, 2.75) is 57.6 Å². The first-order valence-electron chi connectivity index (χ1n) is 8.18. The molecular formula is C18H27NO2. The molecule has 3 heteroatoms. The van der Waals surface area contributed by atoms with Crippen LogP contribution in [0.4, 0.5) is 0 Å². The molecule has 2 fully saturated rings. The quantitative estimate of drug-likeness (QED) is 0.917. The lowest BCUT2D eigenvalue weighted by Crippen LogP contribution is -2.64. The van der Waals surface area contributed by atoms with E-state index >= 15 is 0 Å². The van der Waals surface area contributed by atoms with Crippen LogP contribution in [0.3, 0.4) is 0 Å². The number of nitrogens with one attached hydrogen (secondary N) is 1. The summed E-state index contributed by atoms with van der Waals surface area (Å²) in [4.78, 5) is 0. The summed E-state index contributed by atoms with van der Waals surface area (Å²) in [6, 6.07) is 6.81. The number of hydrogen-bond acceptors (Lipinski definition) is 3. The highest BCUT2D eigenvalue weighted by atomic mass is 16.5. The van der Waals surface area contributed by atoms with Gasteiger partial charge in [0, 0.05) is 17.9 Å². The minimum absolute atomic E-state index is 0.326. The van der Waals surface area contributed by atoms with E-state index in [1.165, 1.54) is 37.7 Å². The molecule has 3 rings (SSSR count). The van der Waals surface area contributed by atoms with Gasteiger partial charge in [0.1, 0.15) is 6.10 Å². The van der Waals surface area contributed by atoms with Crippen LogP contribution < -0.4 is 14.8 Å². The number of methoxy groups -OCH3 is 1. The zero-order chi connectivity index (χ0) is 14.9. The fraction of sp³-hybridized carbons (Fsp3) is 0.667. The van der Waals surface area contributed by atoms with Crippen LogP contribution in [0.2, 0.25) is 0 Å². The van der Waals surface area contributed by atoms with Crippen molar-refractivity contribution in [3.05, 3.63) is 23.8 Å². The minimum atomic E-state index is 0.326. The van der Waals surface area contributed by atoms with Crippen molar-refractivity contribution >= 4 is 0 Å². The first-order chi connectivity index (χ1) is 10.2. The van der Waals surface area contributed by atoms with E-state index in [-0.39, 0.29) is 0 Å². The van der Waals surface area contributed by atoms with Crippen molar-refractivity contribution in [1.29, 1.82) is 0 Å². The Labute approximate surface area is 128 Å². The summed E-state index contributed by atoms with van der Waals surface area (Å²) < 4.78 is 11.9. The van der Waals surface area contributed by atoms with Crippen LogP contribution in [0.15, 0.2) is 18.2 Å². The van der Waals surface area contributed by atoms with Gasteiger partial charge in [-0.1, -0.05) is 25.3 Å². The number of hydrogen-bond donors (Lipinski definition) is 1. The van der Waals surface area contributed by atoms with Crippen LogP contribution in [0.25, 0.3) is 0 Å². The van der Waals surface area contributed by atoms with Crippen molar-refractivity contribution < 1.29 is 9.47 Å². The molecule has 0 aromatic heterocycles. The van der Waals surface area contributed by atoms with E-state index < -0.39 is 0 Å². The zero-order valence-electron chi connectivity index (χ0n) is 13.4. The average Bonchev–Trinajstić information content (AvgIpc) is 2.52. The summed E-state index contributed by atoms with van der Waals surface area (Å²) in [7, 11) is 3.80. The Bertz CT molecular complexity index is 494. The molecule has 2 atom stereocenters. The van der Waals surface area contributed by atoms with E-state index in [0.29, 0.717) is 17.6 Å². The van der Waals surface area contributed by atoms with Crippen molar-refractivity contribution in [3.8, 4) is 11.5 Å². The fourth-order valence-corrected chi connectivity index (χ4v) is 4.22. The molecule has 2 aliphatic rings. The van der Waals surface area contributed by atoms with Crippen LogP contribution in [-0.2, 0) is 0 Å². The Hall–Kier alpha value is -1.22. The summed E-state index contributed by atoms with van der Waals surface area (Å²) in [6.07, 6.45) is 8.06. The summed E-state index contributed by atoms with van der Waals surface area (Å²) in [5, 5.41) is 3.50. The molecule has 0 amide bonds. The van der Waals surface area contributed by atoms with E-state index in [1.54, 1.807) is 7.11 Å². The molecule has 3 nitrogen and oxygen atoms in total. The Balaban J connectivity index is 1.78. The maximum absolute atomic E-state index is 6.39. The lowest BCUT2D eigenvalue weighted by Gasteiger charge is -2.57. The van der Waals surface area contributed by atoms with E-state index in [0.717, 1.165) is 17.9 Å². The first-order valence-corrected chi connectivity index (χ1v) is 8.18. The minimum Gasteiger partial charge on any atom is -0.493 e. The molecule has 116 valence electrons.